The first kappa shape index (κ1) is 20.7. The quantitative estimate of drug-likeness (QED) is 0.725. The Labute approximate surface area is 142 Å². The van der Waals surface area contributed by atoms with Crippen LogP contribution in [0.2, 0.25) is 0 Å². The Hall–Kier alpha value is -1.36. The summed E-state index contributed by atoms with van der Waals surface area (Å²) in [7, 11) is -5.49. The summed E-state index contributed by atoms with van der Waals surface area (Å²) in [6, 6.07) is 3.13. The van der Waals surface area contributed by atoms with Gasteiger partial charge in [0, 0.05) is 11.7 Å². The van der Waals surface area contributed by atoms with Crippen LogP contribution in [0.25, 0.3) is 0 Å². The first-order valence-corrected chi connectivity index (χ1v) is 8.18. The largest absolute Gasteiger partial charge is 0.501 e. The van der Waals surface area contributed by atoms with Gasteiger partial charge in [0.05, 0.1) is 16.9 Å². The normalized spacial score (nSPS) is 24.3. The van der Waals surface area contributed by atoms with Gasteiger partial charge in [0.25, 0.3) is 9.84 Å². The number of nitrogens with two attached hydrogens (primary N) is 1. The molecule has 1 saturated carbocycles. The van der Waals surface area contributed by atoms with Crippen molar-refractivity contribution in [3.63, 3.8) is 0 Å². The van der Waals surface area contributed by atoms with E-state index in [2.05, 4.69) is 5.32 Å². The summed E-state index contributed by atoms with van der Waals surface area (Å²) in [5.41, 5.74) is 0.166. The molecule has 1 aromatic rings. The highest BCUT2D eigenvalue weighted by Crippen LogP contribution is 2.32. The van der Waals surface area contributed by atoms with E-state index >= 15 is 0 Å². The molecule has 136 valence electrons. The predicted octanol–water partition coefficient (Wildman–Crippen LogP) is 1.44. The predicted molar refractivity (Wildman–Crippen MR) is 82.3 cm³/mol. The van der Waals surface area contributed by atoms with E-state index in [1.165, 1.54) is 6.07 Å². The number of anilines is 1. The summed E-state index contributed by atoms with van der Waals surface area (Å²) in [4.78, 5) is 11.1. The number of carbonyl (C=O) groups is 1. The summed E-state index contributed by atoms with van der Waals surface area (Å²) >= 11 is 0. The summed E-state index contributed by atoms with van der Waals surface area (Å²) in [5, 5.41) is 11.9. The van der Waals surface area contributed by atoms with E-state index < -0.39 is 44.2 Å². The maximum atomic E-state index is 12.5. The molecule has 0 aliphatic heterocycles. The second kappa shape index (κ2) is 7.26. The molecule has 6 nitrogen and oxygen atoms in total. The van der Waals surface area contributed by atoms with Crippen LogP contribution in [0.5, 0.6) is 0 Å². The molecule has 0 unspecified atom stereocenters. The molecule has 1 amide bonds. The van der Waals surface area contributed by atoms with Crippen LogP contribution in [-0.2, 0) is 14.6 Å². The molecule has 2 rings (SSSR count). The lowest BCUT2D eigenvalue weighted by atomic mass is 10.0. The van der Waals surface area contributed by atoms with Gasteiger partial charge in [-0.2, -0.15) is 13.2 Å². The molecule has 0 aromatic heterocycles. The Morgan fingerprint density at radius 1 is 1.29 bits per heavy atom. The molecule has 1 fully saturated rings. The number of benzene rings is 1. The molecule has 0 heterocycles. The Balaban J connectivity index is 0.00000288. The standard InChI is InChI=1S/C13H15F3N2O4S.ClH/c14-13(15,16)23(21,22)8-3-1-2-7(6-8)18-12(20)9-4-5-10(19)11(9)17;/h1-3,6,9-11,19H,4-5,17H2,(H,18,20);1H/t9-,10-,11-;/m1./s1. The third-order valence-electron chi connectivity index (χ3n) is 3.74. The summed E-state index contributed by atoms with van der Waals surface area (Å²) in [6.07, 6.45) is -0.126. The van der Waals surface area contributed by atoms with Crippen LogP contribution in [0.3, 0.4) is 0 Å². The van der Waals surface area contributed by atoms with E-state index in [4.69, 9.17) is 5.73 Å². The molecule has 1 aliphatic rings. The van der Waals surface area contributed by atoms with Crippen LogP contribution in [-0.4, -0.2) is 37.1 Å². The Morgan fingerprint density at radius 2 is 1.92 bits per heavy atom. The average molecular weight is 389 g/mol. The van der Waals surface area contributed by atoms with E-state index in [1.54, 1.807) is 0 Å². The highest BCUT2D eigenvalue weighted by molar-refractivity contribution is 7.92. The number of hydrogen-bond donors (Lipinski definition) is 3. The minimum Gasteiger partial charge on any atom is -0.391 e. The van der Waals surface area contributed by atoms with Crippen molar-refractivity contribution in [1.82, 2.24) is 0 Å². The van der Waals surface area contributed by atoms with Gasteiger partial charge in [-0.15, -0.1) is 12.4 Å². The molecular formula is C13H16ClF3N2O4S. The molecule has 1 aromatic carbocycles. The molecule has 4 N–H and O–H groups in total. The van der Waals surface area contributed by atoms with Gasteiger partial charge >= 0.3 is 5.51 Å². The van der Waals surface area contributed by atoms with Gasteiger partial charge in [0.1, 0.15) is 0 Å². The topological polar surface area (TPSA) is 109 Å². The molecule has 3 atom stereocenters. The van der Waals surface area contributed by atoms with E-state index in [-0.39, 0.29) is 18.1 Å². The fraction of sp³-hybridized carbons (Fsp3) is 0.462. The zero-order valence-corrected chi connectivity index (χ0v) is 13.8. The smallest absolute Gasteiger partial charge is 0.391 e. The SMILES string of the molecule is Cl.N[C@H]1[C@H](O)CC[C@H]1C(=O)Nc1cccc(S(=O)(=O)C(F)(F)F)c1. The number of halogens is 4. The fourth-order valence-corrected chi connectivity index (χ4v) is 3.23. The van der Waals surface area contributed by atoms with Crippen molar-refractivity contribution in [3.05, 3.63) is 24.3 Å². The molecule has 0 bridgehead atoms. The fourth-order valence-electron chi connectivity index (χ4n) is 2.42. The highest BCUT2D eigenvalue weighted by Gasteiger charge is 2.47. The van der Waals surface area contributed by atoms with E-state index in [0.717, 1.165) is 18.2 Å². The number of amides is 1. The summed E-state index contributed by atoms with van der Waals surface area (Å²) < 4.78 is 60.3. The van der Waals surface area contributed by atoms with Gasteiger partial charge in [-0.3, -0.25) is 4.79 Å². The second-order valence-electron chi connectivity index (χ2n) is 5.29. The maximum Gasteiger partial charge on any atom is 0.501 e. The number of rotatable bonds is 3. The zero-order valence-electron chi connectivity index (χ0n) is 12.2. The average Bonchev–Trinajstić information content (AvgIpc) is 2.78. The lowest BCUT2D eigenvalue weighted by molar-refractivity contribution is -0.120. The highest BCUT2D eigenvalue weighted by atomic mass is 35.5. The van der Waals surface area contributed by atoms with Crippen LogP contribution < -0.4 is 11.1 Å². The van der Waals surface area contributed by atoms with Gasteiger partial charge in [0.15, 0.2) is 0 Å². The minimum absolute atomic E-state index is 0. The Kier molecular flexibility index (Phi) is 6.26. The van der Waals surface area contributed by atoms with E-state index in [0.29, 0.717) is 12.8 Å². The molecule has 0 spiro atoms. The van der Waals surface area contributed by atoms with Gasteiger partial charge < -0.3 is 16.2 Å². The molecule has 1 aliphatic carbocycles. The van der Waals surface area contributed by atoms with Crippen molar-refractivity contribution >= 4 is 33.8 Å². The first-order chi connectivity index (χ1) is 10.5. The van der Waals surface area contributed by atoms with Gasteiger partial charge in [-0.1, -0.05) is 6.07 Å². The molecule has 0 radical (unpaired) electrons. The zero-order chi connectivity index (χ0) is 17.4. The van der Waals surface area contributed by atoms with Crippen molar-refractivity contribution < 1.29 is 31.5 Å². The van der Waals surface area contributed by atoms with Crippen molar-refractivity contribution in [2.75, 3.05) is 5.32 Å². The van der Waals surface area contributed by atoms with Crippen LogP contribution in [0.1, 0.15) is 12.8 Å². The minimum atomic E-state index is -5.49. The van der Waals surface area contributed by atoms with Crippen molar-refractivity contribution in [1.29, 1.82) is 0 Å². The number of aliphatic hydroxyl groups excluding tert-OH is 1. The number of carbonyl (C=O) groups excluding carboxylic acids is 1. The van der Waals surface area contributed by atoms with Crippen molar-refractivity contribution in [2.45, 2.75) is 35.4 Å². The van der Waals surface area contributed by atoms with Crippen LogP contribution in [0.4, 0.5) is 18.9 Å². The number of alkyl halides is 3. The number of hydrogen-bond acceptors (Lipinski definition) is 5. The van der Waals surface area contributed by atoms with Gasteiger partial charge in [-0.25, -0.2) is 8.42 Å². The second-order valence-corrected chi connectivity index (χ2v) is 7.24. The Morgan fingerprint density at radius 3 is 2.42 bits per heavy atom. The summed E-state index contributed by atoms with van der Waals surface area (Å²) in [5.74, 6) is -1.26. The van der Waals surface area contributed by atoms with Crippen LogP contribution in [0, 0.1) is 5.92 Å². The molecule has 24 heavy (non-hydrogen) atoms. The molecule has 0 saturated heterocycles. The van der Waals surface area contributed by atoms with Crippen molar-refractivity contribution in [3.8, 4) is 0 Å². The Bertz CT molecular complexity index is 711. The lowest BCUT2D eigenvalue weighted by Gasteiger charge is -2.17. The lowest BCUT2D eigenvalue weighted by Crippen LogP contribution is -2.40. The van der Waals surface area contributed by atoms with Crippen molar-refractivity contribution in [2.24, 2.45) is 11.7 Å². The number of aliphatic hydroxyl groups is 1. The van der Waals surface area contributed by atoms with Gasteiger partial charge in [0.2, 0.25) is 5.91 Å². The monoisotopic (exact) mass is 388 g/mol. The summed E-state index contributed by atoms with van der Waals surface area (Å²) in [6.45, 7) is 0. The third kappa shape index (κ3) is 4.00. The van der Waals surface area contributed by atoms with E-state index in [9.17, 15) is 31.5 Å². The van der Waals surface area contributed by atoms with E-state index in [1.807, 2.05) is 0 Å². The maximum absolute atomic E-state index is 12.5. The molecular weight excluding hydrogens is 373 g/mol. The third-order valence-corrected chi connectivity index (χ3v) is 5.22. The van der Waals surface area contributed by atoms with Gasteiger partial charge in [-0.05, 0) is 31.0 Å². The number of nitrogens with one attached hydrogen (secondary N) is 1. The van der Waals surface area contributed by atoms with Crippen LogP contribution in [0.15, 0.2) is 29.2 Å². The van der Waals surface area contributed by atoms with Crippen LogP contribution >= 0.6 is 12.4 Å². The molecule has 11 heteroatoms. The first-order valence-electron chi connectivity index (χ1n) is 6.70. The number of sulfone groups is 1.